The zero-order valence-electron chi connectivity index (χ0n) is 16.9. The SMILES string of the molecule is CCCN(Cc1nnc(-c2ccccc2Cl)o1)C(=O)c1oc2c(c1C)C(=O)CCC2. The summed E-state index contributed by atoms with van der Waals surface area (Å²) in [6.45, 7) is 4.38. The van der Waals surface area contributed by atoms with Crippen molar-refractivity contribution in [3.8, 4) is 11.5 Å². The van der Waals surface area contributed by atoms with Crippen LogP contribution in [0.15, 0.2) is 33.1 Å². The number of Topliss-reactive ketones (excluding diaryl/α,β-unsaturated/α-hetero) is 1. The van der Waals surface area contributed by atoms with E-state index >= 15 is 0 Å². The molecule has 0 unspecified atom stereocenters. The molecule has 1 amide bonds. The number of rotatable bonds is 6. The zero-order valence-corrected chi connectivity index (χ0v) is 17.7. The Morgan fingerprint density at radius 3 is 2.73 bits per heavy atom. The average Bonchev–Trinajstić information content (AvgIpc) is 3.33. The van der Waals surface area contributed by atoms with Crippen LogP contribution in [0.1, 0.15) is 64.3 Å². The third-order valence-electron chi connectivity index (χ3n) is 5.18. The molecule has 0 aliphatic heterocycles. The van der Waals surface area contributed by atoms with E-state index in [0.717, 1.165) is 12.8 Å². The van der Waals surface area contributed by atoms with Gasteiger partial charge in [-0.15, -0.1) is 10.2 Å². The monoisotopic (exact) mass is 427 g/mol. The number of halogens is 1. The van der Waals surface area contributed by atoms with E-state index in [0.29, 0.717) is 58.6 Å². The molecule has 8 heteroatoms. The molecule has 30 heavy (non-hydrogen) atoms. The molecule has 2 aromatic heterocycles. The molecule has 0 saturated carbocycles. The third-order valence-corrected chi connectivity index (χ3v) is 5.51. The van der Waals surface area contributed by atoms with Crippen molar-refractivity contribution < 1.29 is 18.4 Å². The minimum atomic E-state index is -0.283. The molecular weight excluding hydrogens is 406 g/mol. The van der Waals surface area contributed by atoms with E-state index in [1.165, 1.54) is 0 Å². The van der Waals surface area contributed by atoms with Crippen LogP contribution in [0.3, 0.4) is 0 Å². The van der Waals surface area contributed by atoms with Crippen molar-refractivity contribution in [3.05, 3.63) is 57.8 Å². The highest BCUT2D eigenvalue weighted by molar-refractivity contribution is 6.33. The lowest BCUT2D eigenvalue weighted by Crippen LogP contribution is -2.31. The maximum atomic E-state index is 13.2. The maximum absolute atomic E-state index is 13.2. The number of amides is 1. The van der Waals surface area contributed by atoms with Gasteiger partial charge in [-0.2, -0.15) is 0 Å². The molecule has 1 aliphatic carbocycles. The van der Waals surface area contributed by atoms with Crippen molar-refractivity contribution in [1.82, 2.24) is 15.1 Å². The van der Waals surface area contributed by atoms with Gasteiger partial charge < -0.3 is 13.7 Å². The first kappa shape index (κ1) is 20.3. The largest absolute Gasteiger partial charge is 0.455 e. The molecule has 4 rings (SSSR count). The molecular formula is C22H22ClN3O4. The number of ketones is 1. The number of nitrogens with zero attached hydrogens (tertiary/aromatic N) is 3. The summed E-state index contributed by atoms with van der Waals surface area (Å²) in [5, 5.41) is 8.65. The molecule has 2 heterocycles. The molecule has 0 atom stereocenters. The number of aryl methyl sites for hydroxylation is 1. The number of carbonyl (C=O) groups is 2. The van der Waals surface area contributed by atoms with E-state index in [9.17, 15) is 9.59 Å². The predicted molar refractivity (Wildman–Crippen MR) is 110 cm³/mol. The molecule has 1 aromatic carbocycles. The van der Waals surface area contributed by atoms with Crippen LogP contribution in [-0.4, -0.2) is 33.3 Å². The summed E-state index contributed by atoms with van der Waals surface area (Å²) in [6, 6.07) is 7.19. The summed E-state index contributed by atoms with van der Waals surface area (Å²) < 4.78 is 11.6. The van der Waals surface area contributed by atoms with Gasteiger partial charge in [-0.05, 0) is 31.9 Å². The quantitative estimate of drug-likeness (QED) is 0.557. The van der Waals surface area contributed by atoms with E-state index in [2.05, 4.69) is 10.2 Å². The van der Waals surface area contributed by atoms with Gasteiger partial charge in [-0.3, -0.25) is 9.59 Å². The number of hydrogen-bond acceptors (Lipinski definition) is 6. The van der Waals surface area contributed by atoms with Crippen molar-refractivity contribution in [2.75, 3.05) is 6.54 Å². The molecule has 156 valence electrons. The van der Waals surface area contributed by atoms with Gasteiger partial charge in [0.15, 0.2) is 11.5 Å². The first-order valence-electron chi connectivity index (χ1n) is 10.0. The summed E-state index contributed by atoms with van der Waals surface area (Å²) in [5.74, 6) is 1.19. The predicted octanol–water partition coefficient (Wildman–Crippen LogP) is 4.86. The van der Waals surface area contributed by atoms with Crippen molar-refractivity contribution in [2.24, 2.45) is 0 Å². The minimum Gasteiger partial charge on any atom is -0.455 e. The number of hydrogen-bond donors (Lipinski definition) is 0. The summed E-state index contributed by atoms with van der Waals surface area (Å²) in [5.41, 5.74) is 1.82. The molecule has 0 radical (unpaired) electrons. The van der Waals surface area contributed by atoms with E-state index in [4.69, 9.17) is 20.4 Å². The fourth-order valence-corrected chi connectivity index (χ4v) is 3.96. The Labute approximate surface area is 179 Å². The van der Waals surface area contributed by atoms with Gasteiger partial charge >= 0.3 is 0 Å². The summed E-state index contributed by atoms with van der Waals surface area (Å²) in [6.07, 6.45) is 2.66. The van der Waals surface area contributed by atoms with Crippen LogP contribution in [-0.2, 0) is 13.0 Å². The lowest BCUT2D eigenvalue weighted by molar-refractivity contribution is 0.0693. The maximum Gasteiger partial charge on any atom is 0.290 e. The Morgan fingerprint density at radius 2 is 2.00 bits per heavy atom. The Kier molecular flexibility index (Phi) is 5.72. The standard InChI is InChI=1S/C22H22ClN3O4/c1-3-11-26(12-18-24-25-21(30-18)14-7-4-5-8-15(14)23)22(28)20-13(2)19-16(27)9-6-10-17(19)29-20/h4-5,7-8H,3,6,9-12H2,1-2H3. The van der Waals surface area contributed by atoms with Gasteiger partial charge in [0, 0.05) is 24.9 Å². The van der Waals surface area contributed by atoms with Gasteiger partial charge in [-0.25, -0.2) is 0 Å². The third kappa shape index (κ3) is 3.77. The normalized spacial score (nSPS) is 13.4. The smallest absolute Gasteiger partial charge is 0.290 e. The number of fused-ring (bicyclic) bond motifs is 1. The fraction of sp³-hybridized carbons (Fsp3) is 0.364. The second-order valence-corrected chi connectivity index (χ2v) is 7.75. The van der Waals surface area contributed by atoms with Crippen LogP contribution in [0.5, 0.6) is 0 Å². The van der Waals surface area contributed by atoms with Crippen LogP contribution in [0.2, 0.25) is 5.02 Å². The number of carbonyl (C=O) groups excluding carboxylic acids is 2. The Balaban J connectivity index is 1.59. The molecule has 7 nitrogen and oxygen atoms in total. The first-order valence-corrected chi connectivity index (χ1v) is 10.4. The molecule has 0 N–H and O–H groups in total. The van der Waals surface area contributed by atoms with E-state index in [1.54, 1.807) is 24.0 Å². The van der Waals surface area contributed by atoms with Crippen LogP contribution in [0, 0.1) is 6.92 Å². The minimum absolute atomic E-state index is 0.0416. The number of benzene rings is 1. The average molecular weight is 428 g/mol. The summed E-state index contributed by atoms with van der Waals surface area (Å²) in [7, 11) is 0. The topological polar surface area (TPSA) is 89.4 Å². The van der Waals surface area contributed by atoms with Crippen LogP contribution in [0.25, 0.3) is 11.5 Å². The van der Waals surface area contributed by atoms with Gasteiger partial charge in [0.1, 0.15) is 5.76 Å². The summed E-state index contributed by atoms with van der Waals surface area (Å²) in [4.78, 5) is 27.1. The number of furan rings is 1. The summed E-state index contributed by atoms with van der Waals surface area (Å²) >= 11 is 6.20. The molecule has 0 saturated heterocycles. The van der Waals surface area contributed by atoms with Gasteiger partial charge in [0.2, 0.25) is 11.8 Å². The Hall–Kier alpha value is -2.93. The zero-order chi connectivity index (χ0) is 21.3. The second-order valence-electron chi connectivity index (χ2n) is 7.34. The van der Waals surface area contributed by atoms with Gasteiger partial charge in [0.25, 0.3) is 5.91 Å². The molecule has 3 aromatic rings. The Morgan fingerprint density at radius 1 is 1.20 bits per heavy atom. The van der Waals surface area contributed by atoms with Crippen LogP contribution >= 0.6 is 11.6 Å². The van der Waals surface area contributed by atoms with Crippen molar-refractivity contribution >= 4 is 23.3 Å². The Bertz CT molecular complexity index is 1100. The highest BCUT2D eigenvalue weighted by atomic mass is 35.5. The molecule has 1 aliphatic rings. The molecule has 0 spiro atoms. The molecule has 0 fully saturated rings. The van der Waals surface area contributed by atoms with Crippen molar-refractivity contribution in [2.45, 2.75) is 46.1 Å². The number of aromatic nitrogens is 2. The van der Waals surface area contributed by atoms with Crippen molar-refractivity contribution in [3.63, 3.8) is 0 Å². The van der Waals surface area contributed by atoms with E-state index < -0.39 is 0 Å². The lowest BCUT2D eigenvalue weighted by Gasteiger charge is -2.19. The van der Waals surface area contributed by atoms with Crippen LogP contribution in [0.4, 0.5) is 0 Å². The second kappa shape index (κ2) is 8.44. The lowest BCUT2D eigenvalue weighted by atomic mass is 9.94. The fourth-order valence-electron chi connectivity index (χ4n) is 3.74. The highest BCUT2D eigenvalue weighted by Gasteiger charge is 2.31. The first-order chi connectivity index (χ1) is 14.5. The van der Waals surface area contributed by atoms with Gasteiger partial charge in [0.05, 0.1) is 22.7 Å². The van der Waals surface area contributed by atoms with Crippen LogP contribution < -0.4 is 0 Å². The van der Waals surface area contributed by atoms with E-state index in [1.807, 2.05) is 19.1 Å². The van der Waals surface area contributed by atoms with E-state index in [-0.39, 0.29) is 24.0 Å². The van der Waals surface area contributed by atoms with Gasteiger partial charge in [-0.1, -0.05) is 30.7 Å². The van der Waals surface area contributed by atoms with Crippen molar-refractivity contribution in [1.29, 1.82) is 0 Å². The highest BCUT2D eigenvalue weighted by Crippen LogP contribution is 2.31. The molecule has 0 bridgehead atoms.